The largest absolute Gasteiger partial charge is 0.399 e. The van der Waals surface area contributed by atoms with Gasteiger partial charge in [-0.25, -0.2) is 9.37 Å². The lowest BCUT2D eigenvalue weighted by Crippen LogP contribution is -2.50. The van der Waals surface area contributed by atoms with Gasteiger partial charge in [0, 0.05) is 47.4 Å². The maximum Gasteiger partial charge on any atom is 0.238 e. The van der Waals surface area contributed by atoms with Crippen LogP contribution in [0.1, 0.15) is 48.0 Å². The number of amides is 1. The minimum atomic E-state index is -0.407. The molecule has 0 bridgehead atoms. The zero-order valence-corrected chi connectivity index (χ0v) is 23.4. The van der Waals surface area contributed by atoms with E-state index in [9.17, 15) is 4.79 Å². The summed E-state index contributed by atoms with van der Waals surface area (Å²) in [4.78, 5) is 20.9. The number of rotatable bonds is 3. The number of hydrogen-bond acceptors (Lipinski definition) is 4. The Morgan fingerprint density at radius 3 is 2.75 bits per heavy atom. The lowest BCUT2D eigenvalue weighted by atomic mass is 9.74. The van der Waals surface area contributed by atoms with E-state index >= 15 is 4.39 Å². The van der Waals surface area contributed by atoms with E-state index in [-0.39, 0.29) is 35.4 Å². The number of aromatic nitrogens is 2. The van der Waals surface area contributed by atoms with Crippen LogP contribution >= 0.6 is 23.2 Å². The molecule has 9 heteroatoms. The highest BCUT2D eigenvalue weighted by Crippen LogP contribution is 2.47. The Morgan fingerprint density at radius 2 is 1.93 bits per heavy atom. The number of hydrogen-bond donors (Lipinski definition) is 2. The van der Waals surface area contributed by atoms with Crippen molar-refractivity contribution in [3.8, 4) is 0 Å². The third-order valence-electron chi connectivity index (χ3n) is 8.77. The van der Waals surface area contributed by atoms with Crippen molar-refractivity contribution in [3.63, 3.8) is 0 Å². The summed E-state index contributed by atoms with van der Waals surface area (Å²) in [5, 5.41) is 3.75. The standard InChI is InChI=1S/C31H30Cl2FN5O/c32-19-7-6-18-12-22(21-2-1-3-23(33)30(21)34)29-27(38(15-17-4-5-17)16-28(40)36-24(18)13-19)10-11-39-26-9-8-20(35)14-25(26)37-31(29)39/h1-3,6-9,13-14,17,22,27,29H,4-5,10-12,15-16,35H2,(H,36,40)/t22-,27-,29-/m0/s1. The predicted octanol–water partition coefficient (Wildman–Crippen LogP) is 6.61. The minimum Gasteiger partial charge on any atom is -0.399 e. The van der Waals surface area contributed by atoms with Crippen LogP contribution in [-0.4, -0.2) is 39.5 Å². The van der Waals surface area contributed by atoms with Crippen LogP contribution in [-0.2, 0) is 17.8 Å². The molecule has 3 N–H and O–H groups in total. The fraction of sp³-hybridized carbons (Fsp3) is 0.355. The van der Waals surface area contributed by atoms with Gasteiger partial charge in [-0.05, 0) is 79.1 Å². The smallest absolute Gasteiger partial charge is 0.238 e. The summed E-state index contributed by atoms with van der Waals surface area (Å²) < 4.78 is 18.2. The fourth-order valence-corrected chi connectivity index (χ4v) is 7.12. The van der Waals surface area contributed by atoms with Gasteiger partial charge in [-0.1, -0.05) is 41.4 Å². The van der Waals surface area contributed by atoms with Crippen LogP contribution in [0.25, 0.3) is 11.0 Å². The van der Waals surface area contributed by atoms with Gasteiger partial charge in [0.15, 0.2) is 0 Å². The second-order valence-electron chi connectivity index (χ2n) is 11.4. The van der Waals surface area contributed by atoms with Crippen LogP contribution in [0.4, 0.5) is 15.8 Å². The number of nitrogens with zero attached hydrogens (tertiary/aromatic N) is 3. The number of nitrogen functional groups attached to an aromatic ring is 1. The molecule has 1 amide bonds. The third kappa shape index (κ3) is 4.64. The molecule has 0 unspecified atom stereocenters. The molecule has 3 heterocycles. The van der Waals surface area contributed by atoms with Crippen LogP contribution in [0.5, 0.6) is 0 Å². The average Bonchev–Trinajstić information content (AvgIpc) is 3.66. The number of benzene rings is 3. The number of carbonyl (C=O) groups is 1. The fourth-order valence-electron chi connectivity index (χ4n) is 6.77. The quantitative estimate of drug-likeness (QED) is 0.268. The molecule has 0 saturated heterocycles. The molecule has 2 aliphatic heterocycles. The van der Waals surface area contributed by atoms with Gasteiger partial charge in [-0.2, -0.15) is 0 Å². The normalized spacial score (nSPS) is 23.3. The first-order valence-electron chi connectivity index (χ1n) is 13.9. The molecule has 3 aromatic carbocycles. The van der Waals surface area contributed by atoms with E-state index in [1.807, 2.05) is 42.5 Å². The number of halogens is 3. The van der Waals surface area contributed by atoms with Crippen molar-refractivity contribution in [1.29, 1.82) is 0 Å². The van der Waals surface area contributed by atoms with Gasteiger partial charge in [-0.15, -0.1) is 0 Å². The van der Waals surface area contributed by atoms with E-state index in [0.29, 0.717) is 34.3 Å². The molecule has 1 aliphatic carbocycles. The van der Waals surface area contributed by atoms with Crippen molar-refractivity contribution in [2.24, 2.45) is 5.92 Å². The van der Waals surface area contributed by atoms with Crippen molar-refractivity contribution in [2.45, 2.75) is 50.1 Å². The third-order valence-corrected chi connectivity index (χ3v) is 9.30. The molecule has 3 atom stereocenters. The van der Waals surface area contributed by atoms with Crippen molar-refractivity contribution in [1.82, 2.24) is 14.5 Å². The Hall–Kier alpha value is -3.13. The van der Waals surface area contributed by atoms with E-state index in [1.165, 1.54) is 0 Å². The van der Waals surface area contributed by atoms with Crippen molar-refractivity contribution >= 4 is 51.5 Å². The lowest BCUT2D eigenvalue weighted by molar-refractivity contribution is -0.118. The van der Waals surface area contributed by atoms with Gasteiger partial charge in [-0.3, -0.25) is 9.69 Å². The van der Waals surface area contributed by atoms with E-state index < -0.39 is 5.82 Å². The van der Waals surface area contributed by atoms with Gasteiger partial charge in [0.1, 0.15) is 11.6 Å². The van der Waals surface area contributed by atoms with Crippen LogP contribution in [0.15, 0.2) is 54.6 Å². The molecule has 7 rings (SSSR count). The molecule has 1 aromatic heterocycles. The molecule has 1 fully saturated rings. The van der Waals surface area contributed by atoms with E-state index in [0.717, 1.165) is 54.8 Å². The van der Waals surface area contributed by atoms with E-state index in [4.69, 9.17) is 33.9 Å². The highest BCUT2D eigenvalue weighted by molar-refractivity contribution is 6.31. The number of anilines is 2. The summed E-state index contributed by atoms with van der Waals surface area (Å²) in [5.74, 6) is 0.508. The van der Waals surface area contributed by atoms with E-state index in [1.54, 1.807) is 12.1 Å². The van der Waals surface area contributed by atoms with Gasteiger partial charge in [0.05, 0.1) is 22.6 Å². The number of nitrogens with one attached hydrogen (secondary N) is 1. The second-order valence-corrected chi connectivity index (χ2v) is 12.3. The average molecular weight is 579 g/mol. The number of nitrogens with two attached hydrogens (primary N) is 1. The monoisotopic (exact) mass is 577 g/mol. The zero-order valence-electron chi connectivity index (χ0n) is 21.9. The minimum absolute atomic E-state index is 0.00904. The number of carbonyl (C=O) groups excluding carboxylic acids is 1. The molecule has 0 radical (unpaired) electrons. The Balaban J connectivity index is 1.47. The summed E-state index contributed by atoms with van der Waals surface area (Å²) in [5.41, 5.74) is 10.8. The second kappa shape index (κ2) is 10.1. The van der Waals surface area contributed by atoms with Crippen molar-refractivity contribution < 1.29 is 9.18 Å². The van der Waals surface area contributed by atoms with Crippen molar-refractivity contribution in [3.05, 3.63) is 87.4 Å². The molecule has 1 saturated carbocycles. The maximum atomic E-state index is 15.9. The molecule has 40 heavy (non-hydrogen) atoms. The SMILES string of the molecule is Nc1ccc2c(c1)nc1n2CC[C@H]2[C@@H]1[C@H](c1cccc(Cl)c1F)Cc1ccc(Cl)cc1NC(=O)CN2CC1CC1. The summed E-state index contributed by atoms with van der Waals surface area (Å²) in [7, 11) is 0. The van der Waals surface area contributed by atoms with Gasteiger partial charge >= 0.3 is 0 Å². The van der Waals surface area contributed by atoms with Crippen LogP contribution in [0.2, 0.25) is 10.0 Å². The molecule has 3 aliphatic rings. The zero-order chi connectivity index (χ0) is 27.5. The molecular weight excluding hydrogens is 548 g/mol. The van der Waals surface area contributed by atoms with Crippen molar-refractivity contribution in [2.75, 3.05) is 24.1 Å². The lowest BCUT2D eigenvalue weighted by Gasteiger charge is -2.44. The first-order chi connectivity index (χ1) is 19.4. The predicted molar refractivity (Wildman–Crippen MR) is 158 cm³/mol. The summed E-state index contributed by atoms with van der Waals surface area (Å²) in [6, 6.07) is 16.6. The maximum absolute atomic E-state index is 15.9. The van der Waals surface area contributed by atoms with Gasteiger partial charge < -0.3 is 15.6 Å². The van der Waals surface area contributed by atoms with Crippen LogP contribution < -0.4 is 11.1 Å². The molecule has 4 aromatic rings. The van der Waals surface area contributed by atoms with E-state index in [2.05, 4.69) is 14.8 Å². The van der Waals surface area contributed by atoms with Gasteiger partial charge in [0.2, 0.25) is 5.91 Å². The summed E-state index contributed by atoms with van der Waals surface area (Å²) in [6.07, 6.45) is 3.63. The first-order valence-corrected chi connectivity index (χ1v) is 14.6. The first kappa shape index (κ1) is 25.8. The summed E-state index contributed by atoms with van der Waals surface area (Å²) in [6.45, 7) is 1.84. The van der Waals surface area contributed by atoms with Gasteiger partial charge in [0.25, 0.3) is 0 Å². The Morgan fingerprint density at radius 1 is 1.07 bits per heavy atom. The Labute approximate surface area is 242 Å². The Kier molecular flexibility index (Phi) is 6.49. The highest BCUT2D eigenvalue weighted by Gasteiger charge is 2.44. The Bertz CT molecular complexity index is 1630. The summed E-state index contributed by atoms with van der Waals surface area (Å²) >= 11 is 12.7. The highest BCUT2D eigenvalue weighted by atomic mass is 35.5. The molecule has 6 nitrogen and oxygen atoms in total. The number of aryl methyl sites for hydroxylation is 1. The molecule has 206 valence electrons. The topological polar surface area (TPSA) is 76.2 Å². The molecular formula is C31H30Cl2FN5O. The van der Waals surface area contributed by atoms with Crippen LogP contribution in [0.3, 0.4) is 0 Å². The molecule has 0 spiro atoms. The number of imidazole rings is 1. The number of fused-ring (bicyclic) bond motifs is 6. The van der Waals surface area contributed by atoms with Crippen LogP contribution in [0, 0.1) is 11.7 Å².